The van der Waals surface area contributed by atoms with Crippen molar-refractivity contribution in [3.8, 4) is 5.69 Å². The minimum atomic E-state index is 0.109. The summed E-state index contributed by atoms with van der Waals surface area (Å²) in [5.74, 6) is 0.615. The van der Waals surface area contributed by atoms with Crippen molar-refractivity contribution in [3.05, 3.63) is 48.3 Å². The van der Waals surface area contributed by atoms with E-state index in [9.17, 15) is 0 Å². The van der Waals surface area contributed by atoms with Crippen LogP contribution in [0.3, 0.4) is 0 Å². The summed E-state index contributed by atoms with van der Waals surface area (Å²) in [6.45, 7) is 0. The Hall–Kier alpha value is -1.28. The second-order valence-corrected chi connectivity index (χ2v) is 5.82. The molecule has 0 bridgehead atoms. The Kier molecular flexibility index (Phi) is 3.88. The predicted molar refractivity (Wildman–Crippen MR) is 78.7 cm³/mol. The molecular weight excluding hydrogens is 256 g/mol. The molecule has 3 heteroatoms. The number of hydrogen-bond acceptors (Lipinski definition) is 1. The van der Waals surface area contributed by atoms with Crippen LogP contribution in [0.1, 0.15) is 43.0 Å². The maximum Gasteiger partial charge on any atom is 0.0645 e. The van der Waals surface area contributed by atoms with Crippen LogP contribution in [0, 0.1) is 5.92 Å². The van der Waals surface area contributed by atoms with E-state index in [1.165, 1.54) is 32.1 Å². The SMILES string of the molecule is ClC(c1cnn(-c2ccccc2)c1)C1CCCCC1. The maximum atomic E-state index is 6.63. The van der Waals surface area contributed by atoms with Gasteiger partial charge in [0.15, 0.2) is 0 Å². The average Bonchev–Trinajstić information content (AvgIpc) is 2.98. The lowest BCUT2D eigenvalue weighted by Crippen LogP contribution is -2.11. The van der Waals surface area contributed by atoms with E-state index in [0.29, 0.717) is 5.92 Å². The summed E-state index contributed by atoms with van der Waals surface area (Å²) in [5, 5.41) is 4.54. The number of halogens is 1. The minimum absolute atomic E-state index is 0.109. The van der Waals surface area contributed by atoms with Crippen LogP contribution in [0.15, 0.2) is 42.7 Å². The Labute approximate surface area is 119 Å². The van der Waals surface area contributed by atoms with Gasteiger partial charge in [0.2, 0.25) is 0 Å². The van der Waals surface area contributed by atoms with Gasteiger partial charge in [-0.1, -0.05) is 37.5 Å². The number of para-hydroxylation sites is 1. The molecule has 1 aromatic carbocycles. The zero-order valence-corrected chi connectivity index (χ0v) is 11.8. The minimum Gasteiger partial charge on any atom is -0.241 e. The molecule has 1 unspecified atom stereocenters. The first kappa shape index (κ1) is 12.7. The van der Waals surface area contributed by atoms with Crippen molar-refractivity contribution in [2.24, 2.45) is 5.92 Å². The molecule has 1 heterocycles. The van der Waals surface area contributed by atoms with Crippen LogP contribution >= 0.6 is 11.6 Å². The highest BCUT2D eigenvalue weighted by Crippen LogP contribution is 2.38. The number of hydrogen-bond donors (Lipinski definition) is 0. The Morgan fingerprint density at radius 3 is 2.58 bits per heavy atom. The van der Waals surface area contributed by atoms with E-state index in [1.54, 1.807) is 0 Å². The summed E-state index contributed by atoms with van der Waals surface area (Å²) >= 11 is 6.63. The van der Waals surface area contributed by atoms with Gasteiger partial charge in [-0.15, -0.1) is 11.6 Å². The molecule has 3 rings (SSSR count). The molecule has 0 radical (unpaired) electrons. The van der Waals surface area contributed by atoms with Crippen LogP contribution < -0.4 is 0 Å². The fourth-order valence-electron chi connectivity index (χ4n) is 2.90. The van der Waals surface area contributed by atoms with Crippen molar-refractivity contribution in [2.75, 3.05) is 0 Å². The van der Waals surface area contributed by atoms with Crippen LogP contribution in [0.2, 0.25) is 0 Å². The summed E-state index contributed by atoms with van der Waals surface area (Å²) < 4.78 is 1.91. The van der Waals surface area contributed by atoms with Gasteiger partial charge in [0, 0.05) is 11.8 Å². The van der Waals surface area contributed by atoms with Crippen molar-refractivity contribution < 1.29 is 0 Å². The summed E-state index contributed by atoms with van der Waals surface area (Å²) in [5.41, 5.74) is 2.23. The van der Waals surface area contributed by atoms with Gasteiger partial charge in [-0.05, 0) is 30.9 Å². The van der Waals surface area contributed by atoms with Gasteiger partial charge >= 0.3 is 0 Å². The predicted octanol–water partition coefficient (Wildman–Crippen LogP) is 4.73. The fourth-order valence-corrected chi connectivity index (χ4v) is 3.26. The van der Waals surface area contributed by atoms with E-state index >= 15 is 0 Å². The zero-order valence-electron chi connectivity index (χ0n) is 11.0. The number of aromatic nitrogens is 2. The van der Waals surface area contributed by atoms with Crippen molar-refractivity contribution in [2.45, 2.75) is 37.5 Å². The first-order valence-electron chi connectivity index (χ1n) is 7.08. The number of nitrogens with zero attached hydrogens (tertiary/aromatic N) is 2. The van der Waals surface area contributed by atoms with Crippen molar-refractivity contribution in [1.82, 2.24) is 9.78 Å². The molecule has 19 heavy (non-hydrogen) atoms. The molecule has 1 saturated carbocycles. The lowest BCUT2D eigenvalue weighted by atomic mass is 9.85. The molecule has 0 N–H and O–H groups in total. The molecule has 0 saturated heterocycles. The van der Waals surface area contributed by atoms with Gasteiger partial charge in [-0.2, -0.15) is 5.10 Å². The molecule has 0 amide bonds. The summed E-state index contributed by atoms with van der Waals surface area (Å²) in [6.07, 6.45) is 10.5. The third-order valence-corrected chi connectivity index (χ3v) is 4.61. The second kappa shape index (κ2) is 5.79. The Morgan fingerprint density at radius 2 is 1.84 bits per heavy atom. The van der Waals surface area contributed by atoms with Crippen molar-refractivity contribution in [1.29, 1.82) is 0 Å². The van der Waals surface area contributed by atoms with Gasteiger partial charge in [0.05, 0.1) is 17.3 Å². The molecule has 2 nitrogen and oxygen atoms in total. The first-order valence-corrected chi connectivity index (χ1v) is 7.52. The molecule has 2 aromatic rings. The zero-order chi connectivity index (χ0) is 13.1. The maximum absolute atomic E-state index is 6.63. The molecule has 0 aliphatic heterocycles. The third kappa shape index (κ3) is 2.84. The highest BCUT2D eigenvalue weighted by atomic mass is 35.5. The Bertz CT molecular complexity index is 515. The normalized spacial score (nSPS) is 18.4. The Morgan fingerprint density at radius 1 is 1.11 bits per heavy atom. The molecule has 1 aromatic heterocycles. The van der Waals surface area contributed by atoms with Gasteiger partial charge in [0.25, 0.3) is 0 Å². The van der Waals surface area contributed by atoms with E-state index in [4.69, 9.17) is 11.6 Å². The third-order valence-electron chi connectivity index (χ3n) is 4.01. The summed E-state index contributed by atoms with van der Waals surface area (Å²) in [4.78, 5) is 0. The molecular formula is C16H19ClN2. The fraction of sp³-hybridized carbons (Fsp3) is 0.438. The topological polar surface area (TPSA) is 17.8 Å². The molecule has 1 atom stereocenters. The Balaban J connectivity index is 1.77. The lowest BCUT2D eigenvalue weighted by molar-refractivity contribution is 0.348. The van der Waals surface area contributed by atoms with E-state index < -0.39 is 0 Å². The highest BCUT2D eigenvalue weighted by molar-refractivity contribution is 6.21. The molecule has 1 fully saturated rings. The van der Waals surface area contributed by atoms with E-state index in [1.807, 2.05) is 29.1 Å². The van der Waals surface area contributed by atoms with Gasteiger partial charge in [-0.3, -0.25) is 0 Å². The van der Waals surface area contributed by atoms with Crippen molar-refractivity contribution >= 4 is 11.6 Å². The highest BCUT2D eigenvalue weighted by Gasteiger charge is 2.24. The van der Waals surface area contributed by atoms with E-state index in [2.05, 4.69) is 23.4 Å². The smallest absolute Gasteiger partial charge is 0.0645 e. The number of alkyl halides is 1. The largest absolute Gasteiger partial charge is 0.241 e. The molecule has 1 aliphatic rings. The molecule has 100 valence electrons. The van der Waals surface area contributed by atoms with Crippen molar-refractivity contribution in [3.63, 3.8) is 0 Å². The monoisotopic (exact) mass is 274 g/mol. The molecule has 1 aliphatic carbocycles. The average molecular weight is 275 g/mol. The second-order valence-electron chi connectivity index (χ2n) is 5.35. The van der Waals surface area contributed by atoms with Gasteiger partial charge in [-0.25, -0.2) is 4.68 Å². The standard InChI is InChI=1S/C16H19ClN2/c17-16(13-7-3-1-4-8-13)14-11-18-19(12-14)15-9-5-2-6-10-15/h2,5-6,9-13,16H,1,3-4,7-8H2. The number of rotatable bonds is 3. The summed E-state index contributed by atoms with van der Waals surface area (Å²) in [6, 6.07) is 10.2. The van der Waals surface area contributed by atoms with Gasteiger partial charge < -0.3 is 0 Å². The van der Waals surface area contributed by atoms with E-state index in [0.717, 1.165) is 11.3 Å². The van der Waals surface area contributed by atoms with Crippen LogP contribution in [-0.2, 0) is 0 Å². The first-order chi connectivity index (χ1) is 9.34. The lowest BCUT2D eigenvalue weighted by Gasteiger charge is -2.25. The van der Waals surface area contributed by atoms with Crippen LogP contribution in [0.4, 0.5) is 0 Å². The van der Waals surface area contributed by atoms with Crippen LogP contribution in [-0.4, -0.2) is 9.78 Å². The summed E-state index contributed by atoms with van der Waals surface area (Å²) in [7, 11) is 0. The quantitative estimate of drug-likeness (QED) is 0.740. The van der Waals surface area contributed by atoms with Gasteiger partial charge in [0.1, 0.15) is 0 Å². The van der Waals surface area contributed by atoms with E-state index in [-0.39, 0.29) is 5.38 Å². The van der Waals surface area contributed by atoms with Crippen LogP contribution in [0.25, 0.3) is 5.69 Å². The van der Waals surface area contributed by atoms with Crippen LogP contribution in [0.5, 0.6) is 0 Å². The molecule has 0 spiro atoms. The number of benzene rings is 1.